The number of pyridine rings is 1. The molecule has 0 aromatic carbocycles. The third-order valence-electron chi connectivity index (χ3n) is 3.51. The molecule has 0 spiro atoms. The average Bonchev–Trinajstić information content (AvgIpc) is 2.38. The van der Waals surface area contributed by atoms with E-state index >= 15 is 0 Å². The SMILES string of the molecule is CN(C)C1CCN(C(=O)c2ccncc2O)CC1. The molecular formula is C13H19N3O2. The second-order valence-corrected chi connectivity index (χ2v) is 4.88. The van der Waals surface area contributed by atoms with Crippen LogP contribution in [0, 0.1) is 0 Å². The molecule has 1 N–H and O–H groups in total. The molecule has 2 heterocycles. The number of rotatable bonds is 2. The van der Waals surface area contributed by atoms with Gasteiger partial charge in [-0.25, -0.2) is 0 Å². The van der Waals surface area contributed by atoms with Gasteiger partial charge in [-0.05, 0) is 33.0 Å². The van der Waals surface area contributed by atoms with Crippen molar-refractivity contribution < 1.29 is 9.90 Å². The Morgan fingerprint density at radius 2 is 2.11 bits per heavy atom. The maximum absolute atomic E-state index is 12.2. The van der Waals surface area contributed by atoms with Gasteiger partial charge in [0.2, 0.25) is 0 Å². The molecular weight excluding hydrogens is 230 g/mol. The Balaban J connectivity index is 2.02. The summed E-state index contributed by atoms with van der Waals surface area (Å²) in [5.74, 6) is -0.149. The smallest absolute Gasteiger partial charge is 0.257 e. The molecule has 1 amide bonds. The molecule has 18 heavy (non-hydrogen) atoms. The fraction of sp³-hybridized carbons (Fsp3) is 0.538. The molecule has 0 unspecified atom stereocenters. The van der Waals surface area contributed by atoms with Crippen molar-refractivity contribution >= 4 is 5.91 Å². The van der Waals surface area contributed by atoms with E-state index in [1.54, 1.807) is 11.0 Å². The standard InChI is InChI=1S/C13H19N3O2/c1-15(2)10-4-7-16(8-5-10)13(18)11-3-6-14-9-12(11)17/h3,6,9-10,17H,4-5,7-8H2,1-2H3. The highest BCUT2D eigenvalue weighted by Gasteiger charge is 2.25. The minimum absolute atomic E-state index is 0.0442. The van der Waals surface area contributed by atoms with Crippen LogP contribution in [0.15, 0.2) is 18.5 Å². The Morgan fingerprint density at radius 1 is 1.44 bits per heavy atom. The van der Waals surface area contributed by atoms with E-state index in [1.165, 1.54) is 12.4 Å². The van der Waals surface area contributed by atoms with Gasteiger partial charge in [-0.15, -0.1) is 0 Å². The predicted octanol–water partition coefficient (Wildman–Crippen LogP) is 0.953. The first-order valence-corrected chi connectivity index (χ1v) is 6.18. The second-order valence-electron chi connectivity index (χ2n) is 4.88. The van der Waals surface area contributed by atoms with Crippen LogP contribution < -0.4 is 0 Å². The zero-order valence-corrected chi connectivity index (χ0v) is 10.8. The van der Waals surface area contributed by atoms with Crippen LogP contribution in [0.3, 0.4) is 0 Å². The lowest BCUT2D eigenvalue weighted by atomic mass is 10.0. The van der Waals surface area contributed by atoms with Crippen molar-refractivity contribution in [3.8, 4) is 5.75 Å². The van der Waals surface area contributed by atoms with Crippen LogP contribution in [0.25, 0.3) is 0 Å². The lowest BCUT2D eigenvalue weighted by Crippen LogP contribution is -2.44. The van der Waals surface area contributed by atoms with Crippen LogP contribution in [0.1, 0.15) is 23.2 Å². The molecule has 1 fully saturated rings. The summed E-state index contributed by atoms with van der Waals surface area (Å²) < 4.78 is 0. The number of nitrogens with zero attached hydrogens (tertiary/aromatic N) is 3. The van der Waals surface area contributed by atoms with Crippen molar-refractivity contribution in [2.24, 2.45) is 0 Å². The van der Waals surface area contributed by atoms with Crippen molar-refractivity contribution in [3.05, 3.63) is 24.0 Å². The first-order chi connectivity index (χ1) is 8.59. The highest BCUT2D eigenvalue weighted by Crippen LogP contribution is 2.20. The average molecular weight is 249 g/mol. The van der Waals surface area contributed by atoms with E-state index < -0.39 is 0 Å². The monoisotopic (exact) mass is 249 g/mol. The van der Waals surface area contributed by atoms with Crippen LogP contribution in [-0.4, -0.2) is 59.0 Å². The molecule has 0 bridgehead atoms. The predicted molar refractivity (Wildman–Crippen MR) is 68.5 cm³/mol. The molecule has 2 rings (SSSR count). The maximum Gasteiger partial charge on any atom is 0.257 e. The number of aromatic nitrogens is 1. The highest BCUT2D eigenvalue weighted by molar-refractivity contribution is 5.96. The zero-order chi connectivity index (χ0) is 13.1. The summed E-state index contributed by atoms with van der Waals surface area (Å²) in [5.41, 5.74) is 0.341. The molecule has 5 heteroatoms. The van der Waals surface area contributed by atoms with Crippen LogP contribution in [0.4, 0.5) is 0 Å². The lowest BCUT2D eigenvalue weighted by Gasteiger charge is -2.35. The van der Waals surface area contributed by atoms with Crippen molar-refractivity contribution in [1.29, 1.82) is 0 Å². The van der Waals surface area contributed by atoms with E-state index in [0.29, 0.717) is 11.6 Å². The van der Waals surface area contributed by atoms with Gasteiger partial charge in [0, 0.05) is 25.3 Å². The Kier molecular flexibility index (Phi) is 3.81. The van der Waals surface area contributed by atoms with Gasteiger partial charge >= 0.3 is 0 Å². The molecule has 0 radical (unpaired) electrons. The van der Waals surface area contributed by atoms with Gasteiger partial charge in [0.05, 0.1) is 11.8 Å². The summed E-state index contributed by atoms with van der Waals surface area (Å²) >= 11 is 0. The molecule has 1 aliphatic heterocycles. The summed E-state index contributed by atoms with van der Waals surface area (Å²) in [5, 5.41) is 9.63. The number of piperidine rings is 1. The zero-order valence-electron chi connectivity index (χ0n) is 10.8. The van der Waals surface area contributed by atoms with Gasteiger partial charge in [-0.2, -0.15) is 0 Å². The number of hydrogen-bond acceptors (Lipinski definition) is 4. The fourth-order valence-corrected chi connectivity index (χ4v) is 2.32. The molecule has 0 aliphatic carbocycles. The van der Waals surface area contributed by atoms with E-state index in [4.69, 9.17) is 0 Å². The molecule has 98 valence electrons. The second kappa shape index (κ2) is 5.35. The molecule has 1 aromatic rings. The first-order valence-electron chi connectivity index (χ1n) is 6.18. The van der Waals surface area contributed by atoms with E-state index in [-0.39, 0.29) is 11.7 Å². The molecule has 1 saturated heterocycles. The number of carbonyl (C=O) groups excluding carboxylic acids is 1. The van der Waals surface area contributed by atoms with E-state index in [9.17, 15) is 9.90 Å². The fourth-order valence-electron chi connectivity index (χ4n) is 2.32. The molecule has 1 aliphatic rings. The van der Waals surface area contributed by atoms with Crippen LogP contribution in [-0.2, 0) is 0 Å². The summed E-state index contributed by atoms with van der Waals surface area (Å²) in [6.45, 7) is 1.48. The summed E-state index contributed by atoms with van der Waals surface area (Å²) in [4.78, 5) is 20.0. The van der Waals surface area contributed by atoms with Crippen molar-refractivity contribution in [2.75, 3.05) is 27.2 Å². The molecule has 0 atom stereocenters. The Bertz CT molecular complexity index is 426. The Labute approximate surface area is 107 Å². The normalized spacial score (nSPS) is 17.2. The molecule has 1 aromatic heterocycles. The van der Waals surface area contributed by atoms with Crippen LogP contribution >= 0.6 is 0 Å². The van der Waals surface area contributed by atoms with E-state index in [2.05, 4.69) is 24.0 Å². The van der Waals surface area contributed by atoms with E-state index in [1.807, 2.05) is 0 Å². The van der Waals surface area contributed by atoms with Crippen molar-refractivity contribution in [1.82, 2.24) is 14.8 Å². The minimum atomic E-state index is -0.105. The minimum Gasteiger partial charge on any atom is -0.505 e. The summed E-state index contributed by atoms with van der Waals surface area (Å²) in [7, 11) is 4.13. The summed E-state index contributed by atoms with van der Waals surface area (Å²) in [6.07, 6.45) is 4.79. The number of amides is 1. The van der Waals surface area contributed by atoms with Gasteiger partial charge in [0.15, 0.2) is 0 Å². The molecule has 5 nitrogen and oxygen atoms in total. The third-order valence-corrected chi connectivity index (χ3v) is 3.51. The third kappa shape index (κ3) is 2.61. The largest absolute Gasteiger partial charge is 0.505 e. The Morgan fingerprint density at radius 3 is 2.67 bits per heavy atom. The van der Waals surface area contributed by atoms with Gasteiger partial charge < -0.3 is 14.9 Å². The Hall–Kier alpha value is -1.62. The first kappa shape index (κ1) is 12.8. The van der Waals surface area contributed by atoms with Gasteiger partial charge in [0.1, 0.15) is 5.75 Å². The maximum atomic E-state index is 12.2. The quantitative estimate of drug-likeness (QED) is 0.848. The van der Waals surface area contributed by atoms with Crippen LogP contribution in [0.2, 0.25) is 0 Å². The van der Waals surface area contributed by atoms with Gasteiger partial charge in [-0.1, -0.05) is 0 Å². The van der Waals surface area contributed by atoms with Gasteiger partial charge in [-0.3, -0.25) is 9.78 Å². The number of likely N-dealkylation sites (tertiary alicyclic amines) is 1. The summed E-state index contributed by atoms with van der Waals surface area (Å²) in [6, 6.07) is 2.11. The highest BCUT2D eigenvalue weighted by atomic mass is 16.3. The number of hydrogen-bond donors (Lipinski definition) is 1. The van der Waals surface area contributed by atoms with Crippen molar-refractivity contribution in [3.63, 3.8) is 0 Å². The van der Waals surface area contributed by atoms with Crippen molar-refractivity contribution in [2.45, 2.75) is 18.9 Å². The topological polar surface area (TPSA) is 56.7 Å². The number of carbonyl (C=O) groups is 1. The molecule has 0 saturated carbocycles. The van der Waals surface area contributed by atoms with Gasteiger partial charge in [0.25, 0.3) is 5.91 Å². The van der Waals surface area contributed by atoms with E-state index in [0.717, 1.165) is 25.9 Å². The lowest BCUT2D eigenvalue weighted by molar-refractivity contribution is 0.0660. The number of aromatic hydroxyl groups is 1. The van der Waals surface area contributed by atoms with Crippen LogP contribution in [0.5, 0.6) is 5.75 Å².